The van der Waals surface area contributed by atoms with E-state index in [2.05, 4.69) is 5.32 Å². The summed E-state index contributed by atoms with van der Waals surface area (Å²) in [7, 11) is 0. The molecule has 152 valence electrons. The summed E-state index contributed by atoms with van der Waals surface area (Å²) in [4.78, 5) is 25.9. The van der Waals surface area contributed by atoms with Gasteiger partial charge in [-0.3, -0.25) is 9.59 Å². The van der Waals surface area contributed by atoms with Gasteiger partial charge in [-0.05, 0) is 30.3 Å². The van der Waals surface area contributed by atoms with Gasteiger partial charge in [0, 0.05) is 34.7 Å². The predicted octanol–water partition coefficient (Wildman–Crippen LogP) is 5.64. The molecule has 3 aromatic rings. The molecule has 3 aromatic carbocycles. The zero-order valence-electron chi connectivity index (χ0n) is 15.8. The van der Waals surface area contributed by atoms with Gasteiger partial charge in [-0.25, -0.2) is 0 Å². The third-order valence-electron chi connectivity index (χ3n) is 4.61. The Morgan fingerprint density at radius 2 is 1.47 bits per heavy atom. The molecule has 1 aliphatic rings. The fourth-order valence-corrected chi connectivity index (χ4v) is 3.43. The number of ketones is 1. The van der Waals surface area contributed by atoms with Crippen molar-refractivity contribution >= 4 is 40.6 Å². The summed E-state index contributed by atoms with van der Waals surface area (Å²) in [5.41, 5.74) is 1.33. The van der Waals surface area contributed by atoms with Crippen LogP contribution in [-0.2, 0) is 0 Å². The van der Waals surface area contributed by atoms with E-state index in [4.69, 9.17) is 32.7 Å². The number of fused-ring (bicyclic) bond motifs is 1. The van der Waals surface area contributed by atoms with Gasteiger partial charge in [0.25, 0.3) is 5.91 Å². The van der Waals surface area contributed by atoms with E-state index < -0.39 is 5.91 Å². The van der Waals surface area contributed by atoms with Crippen LogP contribution >= 0.6 is 23.2 Å². The lowest BCUT2D eigenvalue weighted by Crippen LogP contribution is -2.17. The van der Waals surface area contributed by atoms with Crippen molar-refractivity contribution in [1.29, 1.82) is 0 Å². The number of hydrogen-bond donors (Lipinski definition) is 1. The second kappa shape index (κ2) is 8.78. The van der Waals surface area contributed by atoms with Crippen molar-refractivity contribution in [3.05, 3.63) is 87.4 Å². The Morgan fingerprint density at radius 3 is 2.17 bits per heavy atom. The molecule has 0 atom stereocenters. The molecule has 4 rings (SSSR count). The van der Waals surface area contributed by atoms with Crippen molar-refractivity contribution in [1.82, 2.24) is 0 Å². The minimum Gasteiger partial charge on any atom is -0.490 e. The van der Waals surface area contributed by atoms with Gasteiger partial charge in [-0.2, -0.15) is 0 Å². The van der Waals surface area contributed by atoms with E-state index >= 15 is 0 Å². The quantitative estimate of drug-likeness (QED) is 0.532. The van der Waals surface area contributed by atoms with Crippen molar-refractivity contribution in [2.24, 2.45) is 0 Å². The lowest BCUT2D eigenvalue weighted by molar-refractivity contribution is 0.0996. The van der Waals surface area contributed by atoms with Crippen molar-refractivity contribution in [2.75, 3.05) is 18.5 Å². The molecular formula is C23H17Cl2NO4. The Hall–Kier alpha value is -3.02. The molecule has 0 fully saturated rings. The maximum Gasteiger partial charge on any atom is 0.256 e. The van der Waals surface area contributed by atoms with Gasteiger partial charge in [0.2, 0.25) is 0 Å². The first-order chi connectivity index (χ1) is 14.5. The van der Waals surface area contributed by atoms with Crippen LogP contribution in [0.3, 0.4) is 0 Å². The molecule has 1 heterocycles. The summed E-state index contributed by atoms with van der Waals surface area (Å²) in [6.07, 6.45) is 0.758. The highest BCUT2D eigenvalue weighted by atomic mass is 35.5. The van der Waals surface area contributed by atoms with Crippen molar-refractivity contribution < 1.29 is 19.1 Å². The minimum atomic E-state index is -0.454. The number of nitrogens with one attached hydrogen (secondary N) is 1. The SMILES string of the molecule is O=C(Nc1cc2c(cc1Cl)OCCCO2)c1ccccc1C(=O)c1ccc(Cl)cc1. The number of halogens is 2. The Bertz CT molecular complexity index is 1110. The number of amides is 1. The van der Waals surface area contributed by atoms with E-state index in [0.29, 0.717) is 46.0 Å². The van der Waals surface area contributed by atoms with Crippen LogP contribution < -0.4 is 14.8 Å². The predicted molar refractivity (Wildman–Crippen MR) is 116 cm³/mol. The Kier molecular flexibility index (Phi) is 5.93. The van der Waals surface area contributed by atoms with Gasteiger partial charge < -0.3 is 14.8 Å². The third kappa shape index (κ3) is 4.27. The Balaban J connectivity index is 1.63. The monoisotopic (exact) mass is 441 g/mol. The van der Waals surface area contributed by atoms with Crippen LogP contribution in [0.1, 0.15) is 32.7 Å². The van der Waals surface area contributed by atoms with Gasteiger partial charge in [-0.1, -0.05) is 41.4 Å². The topological polar surface area (TPSA) is 64.6 Å². The molecule has 0 saturated heterocycles. The highest BCUT2D eigenvalue weighted by molar-refractivity contribution is 6.34. The highest BCUT2D eigenvalue weighted by Crippen LogP contribution is 2.38. The first-order valence-corrected chi connectivity index (χ1v) is 10.1. The van der Waals surface area contributed by atoms with Gasteiger partial charge in [0.1, 0.15) is 0 Å². The number of carbonyl (C=O) groups is 2. The second-order valence-corrected chi connectivity index (χ2v) is 7.51. The van der Waals surface area contributed by atoms with E-state index in [1.165, 1.54) is 0 Å². The molecule has 1 aliphatic heterocycles. The molecule has 0 spiro atoms. The standard InChI is InChI=1S/C23H17Cl2NO4/c24-15-8-6-14(7-9-15)22(27)16-4-1-2-5-17(16)23(28)26-19-13-21-20(12-18(19)25)29-10-3-11-30-21/h1-2,4-9,12-13H,3,10-11H2,(H,26,28). The Morgan fingerprint density at radius 1 is 0.833 bits per heavy atom. The van der Waals surface area contributed by atoms with Crippen LogP contribution in [-0.4, -0.2) is 24.9 Å². The van der Waals surface area contributed by atoms with Crippen molar-refractivity contribution in [3.63, 3.8) is 0 Å². The molecule has 1 amide bonds. The molecule has 7 heteroatoms. The molecule has 0 unspecified atom stereocenters. The fraction of sp³-hybridized carbons (Fsp3) is 0.130. The summed E-state index contributed by atoms with van der Waals surface area (Å²) < 4.78 is 11.3. The largest absolute Gasteiger partial charge is 0.490 e. The number of ether oxygens (including phenoxy) is 2. The zero-order chi connectivity index (χ0) is 21.1. The summed E-state index contributed by atoms with van der Waals surface area (Å²) in [6.45, 7) is 1.05. The lowest BCUT2D eigenvalue weighted by Gasteiger charge is -2.14. The van der Waals surface area contributed by atoms with Crippen LogP contribution in [0.2, 0.25) is 10.0 Å². The number of anilines is 1. The minimum absolute atomic E-state index is 0.237. The maximum absolute atomic E-state index is 13.0. The number of benzene rings is 3. The summed E-state index contributed by atoms with van der Waals surface area (Å²) in [5, 5.41) is 3.62. The van der Waals surface area contributed by atoms with Gasteiger partial charge >= 0.3 is 0 Å². The van der Waals surface area contributed by atoms with E-state index in [0.717, 1.165) is 6.42 Å². The van der Waals surface area contributed by atoms with Gasteiger partial charge in [0.15, 0.2) is 17.3 Å². The summed E-state index contributed by atoms with van der Waals surface area (Å²) in [5.74, 6) is 0.318. The van der Waals surface area contributed by atoms with E-state index in [1.807, 2.05) is 0 Å². The van der Waals surface area contributed by atoms with Crippen LogP contribution in [0, 0.1) is 0 Å². The summed E-state index contributed by atoms with van der Waals surface area (Å²) >= 11 is 12.2. The van der Waals surface area contributed by atoms with Crippen molar-refractivity contribution in [3.8, 4) is 11.5 Å². The molecule has 30 heavy (non-hydrogen) atoms. The molecule has 1 N–H and O–H groups in total. The van der Waals surface area contributed by atoms with Crippen molar-refractivity contribution in [2.45, 2.75) is 6.42 Å². The molecule has 0 radical (unpaired) electrons. The van der Waals surface area contributed by atoms with E-state index in [9.17, 15) is 9.59 Å². The average molecular weight is 442 g/mol. The Labute approximate surface area is 183 Å². The molecule has 0 saturated carbocycles. The average Bonchev–Trinajstić information content (AvgIpc) is 2.99. The smallest absolute Gasteiger partial charge is 0.256 e. The lowest BCUT2D eigenvalue weighted by atomic mass is 9.98. The summed E-state index contributed by atoms with van der Waals surface area (Å²) in [6, 6.07) is 16.4. The number of carbonyl (C=O) groups excluding carboxylic acids is 2. The first kappa shape index (κ1) is 20.3. The molecule has 0 aromatic heterocycles. The van der Waals surface area contributed by atoms with Gasteiger partial charge in [-0.15, -0.1) is 0 Å². The second-order valence-electron chi connectivity index (χ2n) is 6.66. The van der Waals surface area contributed by atoms with Crippen LogP contribution in [0.25, 0.3) is 0 Å². The first-order valence-electron chi connectivity index (χ1n) is 9.33. The van der Waals surface area contributed by atoms with Crippen LogP contribution in [0.5, 0.6) is 11.5 Å². The third-order valence-corrected chi connectivity index (χ3v) is 5.17. The van der Waals surface area contributed by atoms with Crippen LogP contribution in [0.15, 0.2) is 60.7 Å². The van der Waals surface area contributed by atoms with Gasteiger partial charge in [0.05, 0.1) is 29.5 Å². The molecular weight excluding hydrogens is 425 g/mol. The van der Waals surface area contributed by atoms with E-state index in [1.54, 1.807) is 60.7 Å². The fourth-order valence-electron chi connectivity index (χ4n) is 3.11. The molecule has 0 aliphatic carbocycles. The number of rotatable bonds is 4. The van der Waals surface area contributed by atoms with Crippen LogP contribution in [0.4, 0.5) is 5.69 Å². The normalized spacial score (nSPS) is 12.7. The molecule has 5 nitrogen and oxygen atoms in total. The molecule has 0 bridgehead atoms. The zero-order valence-corrected chi connectivity index (χ0v) is 17.3. The number of hydrogen-bond acceptors (Lipinski definition) is 4. The highest BCUT2D eigenvalue weighted by Gasteiger charge is 2.20. The maximum atomic E-state index is 13.0. The van der Waals surface area contributed by atoms with E-state index in [-0.39, 0.29) is 16.9 Å².